The topological polar surface area (TPSA) is 104 Å². The summed E-state index contributed by atoms with van der Waals surface area (Å²) in [5.74, 6) is -1.59. The largest absolute Gasteiger partial charge is 0.480 e. The van der Waals surface area contributed by atoms with E-state index in [-0.39, 0.29) is 16.4 Å². The van der Waals surface area contributed by atoms with Crippen LogP contribution in [0, 0.1) is 5.92 Å². The molecule has 0 unspecified atom stereocenters. The SMILES string of the molecule is CC(C)C[C@H](NC(=O)c1cccc(S(=O)(=O)N2CCCCCC2)c1)C(=O)O. The van der Waals surface area contributed by atoms with Crippen LogP contribution in [0.3, 0.4) is 0 Å². The molecule has 27 heavy (non-hydrogen) atoms. The minimum atomic E-state index is -3.67. The van der Waals surface area contributed by atoms with Crippen molar-refractivity contribution in [2.45, 2.75) is 56.9 Å². The van der Waals surface area contributed by atoms with Crippen molar-refractivity contribution in [3.63, 3.8) is 0 Å². The predicted octanol–water partition coefficient (Wildman–Crippen LogP) is 2.48. The molecule has 2 rings (SSSR count). The Hall–Kier alpha value is -1.93. The van der Waals surface area contributed by atoms with Crippen molar-refractivity contribution in [1.82, 2.24) is 9.62 Å². The molecule has 0 saturated carbocycles. The first kappa shape index (κ1) is 21.4. The van der Waals surface area contributed by atoms with Crippen LogP contribution in [0.4, 0.5) is 0 Å². The van der Waals surface area contributed by atoms with Gasteiger partial charge in [0.2, 0.25) is 10.0 Å². The van der Waals surface area contributed by atoms with E-state index in [1.807, 2.05) is 13.8 Å². The molecule has 0 bridgehead atoms. The number of carboxylic acid groups (broad SMARTS) is 1. The lowest BCUT2D eigenvalue weighted by Gasteiger charge is -2.20. The van der Waals surface area contributed by atoms with Gasteiger partial charge in [-0.1, -0.05) is 32.8 Å². The Kier molecular flexibility index (Phi) is 7.38. The Morgan fingerprint density at radius 3 is 2.33 bits per heavy atom. The van der Waals surface area contributed by atoms with Gasteiger partial charge < -0.3 is 10.4 Å². The van der Waals surface area contributed by atoms with Crippen LogP contribution in [0.1, 0.15) is 56.3 Å². The summed E-state index contributed by atoms with van der Waals surface area (Å²) in [6.07, 6.45) is 3.98. The highest BCUT2D eigenvalue weighted by Gasteiger charge is 2.27. The fourth-order valence-corrected chi connectivity index (χ4v) is 4.73. The van der Waals surface area contributed by atoms with Crippen molar-refractivity contribution in [2.24, 2.45) is 5.92 Å². The third kappa shape index (κ3) is 5.77. The summed E-state index contributed by atoms with van der Waals surface area (Å²) in [7, 11) is -3.67. The number of nitrogens with zero attached hydrogens (tertiary/aromatic N) is 1. The van der Waals surface area contributed by atoms with Gasteiger partial charge in [0.15, 0.2) is 0 Å². The number of sulfonamides is 1. The molecule has 1 amide bonds. The number of carbonyl (C=O) groups excluding carboxylic acids is 1. The maximum Gasteiger partial charge on any atom is 0.326 e. The van der Waals surface area contributed by atoms with Gasteiger partial charge in [0.05, 0.1) is 4.90 Å². The van der Waals surface area contributed by atoms with Crippen LogP contribution >= 0.6 is 0 Å². The van der Waals surface area contributed by atoms with Gasteiger partial charge in [-0.25, -0.2) is 13.2 Å². The normalized spacial score (nSPS) is 17.3. The van der Waals surface area contributed by atoms with Crippen molar-refractivity contribution in [3.05, 3.63) is 29.8 Å². The molecule has 0 aliphatic carbocycles. The minimum absolute atomic E-state index is 0.0628. The average molecular weight is 397 g/mol. The van der Waals surface area contributed by atoms with E-state index in [2.05, 4.69) is 5.32 Å². The fourth-order valence-electron chi connectivity index (χ4n) is 3.16. The highest BCUT2D eigenvalue weighted by molar-refractivity contribution is 7.89. The van der Waals surface area contributed by atoms with Crippen LogP contribution in [-0.2, 0) is 14.8 Å². The molecule has 0 spiro atoms. The lowest BCUT2D eigenvalue weighted by atomic mass is 10.0. The van der Waals surface area contributed by atoms with Crippen molar-refractivity contribution in [1.29, 1.82) is 0 Å². The van der Waals surface area contributed by atoms with Crippen LogP contribution in [0.5, 0.6) is 0 Å². The molecule has 1 saturated heterocycles. The Morgan fingerprint density at radius 2 is 1.78 bits per heavy atom. The number of carboxylic acids is 1. The molecule has 7 nitrogen and oxygen atoms in total. The lowest BCUT2D eigenvalue weighted by Crippen LogP contribution is -2.41. The van der Waals surface area contributed by atoms with Gasteiger partial charge in [0, 0.05) is 18.7 Å². The second-order valence-electron chi connectivity index (χ2n) is 7.34. The molecule has 2 N–H and O–H groups in total. The Balaban J connectivity index is 2.20. The number of carbonyl (C=O) groups is 2. The van der Waals surface area contributed by atoms with E-state index >= 15 is 0 Å². The minimum Gasteiger partial charge on any atom is -0.480 e. The van der Waals surface area contributed by atoms with Crippen LogP contribution in [0.15, 0.2) is 29.2 Å². The number of hydrogen-bond donors (Lipinski definition) is 2. The fraction of sp³-hybridized carbons (Fsp3) is 0.579. The van der Waals surface area contributed by atoms with E-state index < -0.39 is 27.9 Å². The molecule has 1 heterocycles. The van der Waals surface area contributed by atoms with Crippen LogP contribution in [-0.4, -0.2) is 48.8 Å². The summed E-state index contributed by atoms with van der Waals surface area (Å²) in [6.45, 7) is 4.70. The molecule has 0 aromatic heterocycles. The Bertz CT molecular complexity index is 768. The maximum absolute atomic E-state index is 12.9. The van der Waals surface area contributed by atoms with E-state index in [9.17, 15) is 23.1 Å². The number of amides is 1. The second kappa shape index (κ2) is 9.32. The van der Waals surface area contributed by atoms with Crippen molar-refractivity contribution < 1.29 is 23.1 Å². The molecule has 0 radical (unpaired) electrons. The summed E-state index contributed by atoms with van der Waals surface area (Å²) >= 11 is 0. The molecular formula is C19H28N2O5S. The van der Waals surface area contributed by atoms with Crippen LogP contribution < -0.4 is 5.32 Å². The highest BCUT2D eigenvalue weighted by Crippen LogP contribution is 2.21. The zero-order valence-electron chi connectivity index (χ0n) is 15.8. The van der Waals surface area contributed by atoms with Gasteiger partial charge in [-0.2, -0.15) is 4.31 Å². The van der Waals surface area contributed by atoms with Crippen LogP contribution in [0.2, 0.25) is 0 Å². The predicted molar refractivity (Wildman–Crippen MR) is 102 cm³/mol. The van der Waals surface area contributed by atoms with Crippen molar-refractivity contribution >= 4 is 21.9 Å². The summed E-state index contributed by atoms with van der Waals surface area (Å²) in [5, 5.41) is 11.8. The molecule has 1 atom stereocenters. The monoisotopic (exact) mass is 396 g/mol. The van der Waals surface area contributed by atoms with E-state index in [0.29, 0.717) is 19.5 Å². The molecule has 1 aliphatic rings. The number of hydrogen-bond acceptors (Lipinski definition) is 4. The van der Waals surface area contributed by atoms with E-state index in [1.54, 1.807) is 0 Å². The zero-order chi connectivity index (χ0) is 20.0. The number of nitrogens with one attached hydrogen (secondary N) is 1. The van der Waals surface area contributed by atoms with Gasteiger partial charge in [-0.15, -0.1) is 0 Å². The van der Waals surface area contributed by atoms with Crippen molar-refractivity contribution in [2.75, 3.05) is 13.1 Å². The van der Waals surface area contributed by atoms with Gasteiger partial charge in [-0.05, 0) is 43.4 Å². The maximum atomic E-state index is 12.9. The zero-order valence-corrected chi connectivity index (χ0v) is 16.7. The summed E-state index contributed by atoms with van der Waals surface area (Å²) in [5.41, 5.74) is 0.140. The molecule has 1 aromatic carbocycles. The standard InChI is InChI=1S/C19H28N2O5S/c1-14(2)12-17(19(23)24)20-18(22)15-8-7-9-16(13-15)27(25,26)21-10-5-3-4-6-11-21/h7-9,13-14,17H,3-6,10-12H2,1-2H3,(H,20,22)(H,23,24)/t17-/m0/s1. The third-order valence-electron chi connectivity index (χ3n) is 4.61. The van der Waals surface area contributed by atoms with E-state index in [4.69, 9.17) is 0 Å². The number of aliphatic carboxylic acids is 1. The Morgan fingerprint density at radius 1 is 1.15 bits per heavy atom. The second-order valence-corrected chi connectivity index (χ2v) is 9.28. The highest BCUT2D eigenvalue weighted by atomic mass is 32.2. The van der Waals surface area contributed by atoms with Gasteiger partial charge in [-0.3, -0.25) is 4.79 Å². The Labute approximate surface area is 160 Å². The number of benzene rings is 1. The first-order valence-corrected chi connectivity index (χ1v) is 10.8. The van der Waals surface area contributed by atoms with Gasteiger partial charge >= 0.3 is 5.97 Å². The first-order valence-electron chi connectivity index (χ1n) is 9.35. The van der Waals surface area contributed by atoms with E-state index in [1.165, 1.54) is 28.6 Å². The van der Waals surface area contributed by atoms with Crippen LogP contribution in [0.25, 0.3) is 0 Å². The molecular weight excluding hydrogens is 368 g/mol. The third-order valence-corrected chi connectivity index (χ3v) is 6.50. The molecule has 150 valence electrons. The molecule has 8 heteroatoms. The lowest BCUT2D eigenvalue weighted by molar-refractivity contribution is -0.139. The van der Waals surface area contributed by atoms with E-state index in [0.717, 1.165) is 25.7 Å². The molecule has 1 aliphatic heterocycles. The quantitative estimate of drug-likeness (QED) is 0.737. The molecule has 1 fully saturated rings. The smallest absolute Gasteiger partial charge is 0.326 e. The summed E-state index contributed by atoms with van der Waals surface area (Å²) in [6, 6.07) is 4.79. The average Bonchev–Trinajstić information content (AvgIpc) is 2.90. The first-order chi connectivity index (χ1) is 12.7. The van der Waals surface area contributed by atoms with Crippen molar-refractivity contribution in [3.8, 4) is 0 Å². The summed E-state index contributed by atoms with van der Waals surface area (Å²) in [4.78, 5) is 23.9. The van der Waals surface area contributed by atoms with Gasteiger partial charge in [0.25, 0.3) is 5.91 Å². The summed E-state index contributed by atoms with van der Waals surface area (Å²) < 4.78 is 27.2. The number of rotatable bonds is 7. The molecule has 1 aromatic rings. The van der Waals surface area contributed by atoms with Gasteiger partial charge in [0.1, 0.15) is 6.04 Å².